The van der Waals surface area contributed by atoms with Gasteiger partial charge in [-0.2, -0.15) is 0 Å². The number of ether oxygens (including phenoxy) is 1. The van der Waals surface area contributed by atoms with Crippen LogP contribution in [-0.4, -0.2) is 36.2 Å². The van der Waals surface area contributed by atoms with Crippen molar-refractivity contribution in [2.45, 2.75) is 38.0 Å². The van der Waals surface area contributed by atoms with Crippen molar-refractivity contribution < 1.29 is 13.9 Å². The molecule has 1 amide bonds. The molecule has 1 unspecified atom stereocenters. The number of aryl methyl sites for hydroxylation is 1. The summed E-state index contributed by atoms with van der Waals surface area (Å²) in [7, 11) is 0. The molecule has 1 fully saturated rings. The van der Waals surface area contributed by atoms with E-state index in [0.717, 1.165) is 17.7 Å². The molecule has 0 radical (unpaired) electrons. The van der Waals surface area contributed by atoms with E-state index in [2.05, 4.69) is 0 Å². The Bertz CT molecular complexity index is 469. The maximum absolute atomic E-state index is 13.1. The Labute approximate surface area is 112 Å². The van der Waals surface area contributed by atoms with Crippen molar-refractivity contribution in [2.75, 3.05) is 13.1 Å². The lowest BCUT2D eigenvalue weighted by Crippen LogP contribution is -2.47. The number of para-hydroxylation sites is 1. The molecule has 0 bridgehead atoms. The number of fused-ring (bicyclic) bond motifs is 1. The first kappa shape index (κ1) is 12.5. The third kappa shape index (κ3) is 2.57. The second-order valence-electron chi connectivity index (χ2n) is 5.25. The summed E-state index contributed by atoms with van der Waals surface area (Å²) in [5.74, 6) is 0.828. The van der Waals surface area contributed by atoms with Crippen LogP contribution in [0.1, 0.15) is 24.8 Å². The van der Waals surface area contributed by atoms with E-state index in [1.54, 1.807) is 4.90 Å². The highest BCUT2D eigenvalue weighted by atomic mass is 19.1. The van der Waals surface area contributed by atoms with Gasteiger partial charge in [0.1, 0.15) is 11.9 Å². The van der Waals surface area contributed by atoms with Gasteiger partial charge in [0.2, 0.25) is 0 Å². The summed E-state index contributed by atoms with van der Waals surface area (Å²) in [5, 5.41) is 0. The van der Waals surface area contributed by atoms with E-state index in [1.807, 2.05) is 24.3 Å². The maximum atomic E-state index is 13.1. The number of alkyl halides is 1. The predicted molar refractivity (Wildman–Crippen MR) is 69.9 cm³/mol. The van der Waals surface area contributed by atoms with Crippen LogP contribution in [0.4, 0.5) is 4.39 Å². The second kappa shape index (κ2) is 5.19. The summed E-state index contributed by atoms with van der Waals surface area (Å²) < 4.78 is 18.9. The second-order valence-corrected chi connectivity index (χ2v) is 5.25. The molecule has 3 rings (SSSR count). The van der Waals surface area contributed by atoms with Crippen LogP contribution in [0.15, 0.2) is 24.3 Å². The van der Waals surface area contributed by atoms with Crippen LogP contribution in [0, 0.1) is 0 Å². The monoisotopic (exact) mass is 263 g/mol. The minimum absolute atomic E-state index is 0.0152. The zero-order valence-electron chi connectivity index (χ0n) is 10.8. The van der Waals surface area contributed by atoms with Gasteiger partial charge in [0.15, 0.2) is 6.10 Å². The Morgan fingerprint density at radius 1 is 1.21 bits per heavy atom. The average molecular weight is 263 g/mol. The van der Waals surface area contributed by atoms with Crippen molar-refractivity contribution in [1.82, 2.24) is 4.90 Å². The predicted octanol–water partition coefficient (Wildman–Crippen LogP) is 2.34. The van der Waals surface area contributed by atoms with Crippen LogP contribution in [0.2, 0.25) is 0 Å². The number of hydrogen-bond donors (Lipinski definition) is 0. The third-order valence-corrected chi connectivity index (χ3v) is 3.93. The molecular formula is C15H18FNO2. The van der Waals surface area contributed by atoms with Gasteiger partial charge in [-0.1, -0.05) is 18.2 Å². The molecule has 1 aromatic carbocycles. The number of halogens is 1. The zero-order valence-corrected chi connectivity index (χ0v) is 10.8. The molecule has 0 aliphatic carbocycles. The van der Waals surface area contributed by atoms with E-state index >= 15 is 0 Å². The molecule has 0 spiro atoms. The normalized spacial score (nSPS) is 23.6. The number of nitrogens with zero attached hydrogens (tertiary/aromatic N) is 1. The van der Waals surface area contributed by atoms with Crippen molar-refractivity contribution in [3.63, 3.8) is 0 Å². The van der Waals surface area contributed by atoms with Gasteiger partial charge in [-0.05, 0) is 37.3 Å². The quantitative estimate of drug-likeness (QED) is 0.778. The van der Waals surface area contributed by atoms with Gasteiger partial charge in [0.25, 0.3) is 5.91 Å². The smallest absolute Gasteiger partial charge is 0.263 e. The van der Waals surface area contributed by atoms with Gasteiger partial charge in [-0.3, -0.25) is 4.79 Å². The molecule has 0 N–H and O–H groups in total. The number of likely N-dealkylation sites (tertiary alicyclic amines) is 1. The van der Waals surface area contributed by atoms with Crippen LogP contribution in [0.5, 0.6) is 5.75 Å². The van der Waals surface area contributed by atoms with Crippen LogP contribution in [0.3, 0.4) is 0 Å². The summed E-state index contributed by atoms with van der Waals surface area (Å²) in [6.07, 6.45) is 1.34. The number of benzene rings is 1. The number of amides is 1. The maximum Gasteiger partial charge on any atom is 0.263 e. The van der Waals surface area contributed by atoms with E-state index in [-0.39, 0.29) is 5.91 Å². The zero-order chi connectivity index (χ0) is 13.2. The first-order valence-corrected chi connectivity index (χ1v) is 6.91. The number of rotatable bonds is 1. The van der Waals surface area contributed by atoms with Gasteiger partial charge in [0, 0.05) is 13.1 Å². The summed E-state index contributed by atoms with van der Waals surface area (Å²) >= 11 is 0. The van der Waals surface area contributed by atoms with Crippen molar-refractivity contribution >= 4 is 5.91 Å². The molecule has 0 saturated carbocycles. The van der Waals surface area contributed by atoms with Crippen LogP contribution in [-0.2, 0) is 11.2 Å². The van der Waals surface area contributed by atoms with E-state index < -0.39 is 12.3 Å². The minimum atomic E-state index is -0.753. The van der Waals surface area contributed by atoms with Crippen molar-refractivity contribution in [3.05, 3.63) is 29.8 Å². The highest BCUT2D eigenvalue weighted by Gasteiger charge is 2.31. The first-order chi connectivity index (χ1) is 9.24. The lowest BCUT2D eigenvalue weighted by Gasteiger charge is -2.33. The van der Waals surface area contributed by atoms with E-state index in [0.29, 0.717) is 32.4 Å². The number of carbonyl (C=O) groups is 1. The van der Waals surface area contributed by atoms with E-state index in [9.17, 15) is 9.18 Å². The molecule has 19 heavy (non-hydrogen) atoms. The SMILES string of the molecule is O=C(C1CCc2ccccc2O1)N1CCC(F)CC1. The van der Waals surface area contributed by atoms with Crippen LogP contribution in [0.25, 0.3) is 0 Å². The van der Waals surface area contributed by atoms with Crippen molar-refractivity contribution in [3.8, 4) is 5.75 Å². The third-order valence-electron chi connectivity index (χ3n) is 3.93. The Kier molecular flexibility index (Phi) is 3.40. The van der Waals surface area contributed by atoms with Gasteiger partial charge in [-0.25, -0.2) is 4.39 Å². The van der Waals surface area contributed by atoms with E-state index in [4.69, 9.17) is 4.74 Å². The highest BCUT2D eigenvalue weighted by Crippen LogP contribution is 2.28. The van der Waals surface area contributed by atoms with Gasteiger partial charge >= 0.3 is 0 Å². The summed E-state index contributed by atoms with van der Waals surface area (Å²) in [6.45, 7) is 1.03. The topological polar surface area (TPSA) is 29.5 Å². The van der Waals surface area contributed by atoms with E-state index in [1.165, 1.54) is 0 Å². The molecule has 0 aromatic heterocycles. The highest BCUT2D eigenvalue weighted by molar-refractivity contribution is 5.81. The molecule has 102 valence electrons. The Hall–Kier alpha value is -1.58. The van der Waals surface area contributed by atoms with Crippen LogP contribution < -0.4 is 4.74 Å². The Balaban J connectivity index is 1.66. The fraction of sp³-hybridized carbons (Fsp3) is 0.533. The molecule has 2 heterocycles. The molecule has 4 heteroatoms. The fourth-order valence-electron chi connectivity index (χ4n) is 2.77. The molecule has 1 saturated heterocycles. The Morgan fingerprint density at radius 3 is 2.74 bits per heavy atom. The number of piperidine rings is 1. The van der Waals surface area contributed by atoms with Crippen molar-refractivity contribution in [1.29, 1.82) is 0 Å². The summed E-state index contributed by atoms with van der Waals surface area (Å²) in [5.41, 5.74) is 1.16. The van der Waals surface area contributed by atoms with Gasteiger partial charge in [0.05, 0.1) is 0 Å². The molecule has 1 atom stereocenters. The standard InChI is InChI=1S/C15H18FNO2/c16-12-7-9-17(10-8-12)15(18)14-6-5-11-3-1-2-4-13(11)19-14/h1-4,12,14H,5-10H2. The first-order valence-electron chi connectivity index (χ1n) is 6.91. The number of hydrogen-bond acceptors (Lipinski definition) is 2. The Morgan fingerprint density at radius 2 is 1.95 bits per heavy atom. The van der Waals surface area contributed by atoms with Gasteiger partial charge < -0.3 is 9.64 Å². The lowest BCUT2D eigenvalue weighted by molar-refractivity contribution is -0.141. The summed E-state index contributed by atoms with van der Waals surface area (Å²) in [6, 6.07) is 7.84. The average Bonchev–Trinajstić information content (AvgIpc) is 2.47. The summed E-state index contributed by atoms with van der Waals surface area (Å²) in [4.78, 5) is 14.1. The minimum Gasteiger partial charge on any atom is -0.480 e. The van der Waals surface area contributed by atoms with Gasteiger partial charge in [-0.15, -0.1) is 0 Å². The van der Waals surface area contributed by atoms with Crippen LogP contribution >= 0.6 is 0 Å². The molecular weight excluding hydrogens is 245 g/mol. The fourth-order valence-corrected chi connectivity index (χ4v) is 2.77. The number of carbonyl (C=O) groups excluding carboxylic acids is 1. The van der Waals surface area contributed by atoms with Crippen molar-refractivity contribution in [2.24, 2.45) is 0 Å². The lowest BCUT2D eigenvalue weighted by atomic mass is 10.0. The molecule has 2 aliphatic heterocycles. The molecule has 2 aliphatic rings. The molecule has 1 aromatic rings. The largest absolute Gasteiger partial charge is 0.480 e. The molecule has 3 nitrogen and oxygen atoms in total.